The van der Waals surface area contributed by atoms with Gasteiger partial charge in [0.25, 0.3) is 5.91 Å². The van der Waals surface area contributed by atoms with E-state index in [0.29, 0.717) is 43.4 Å². The molecule has 0 spiro atoms. The minimum absolute atomic E-state index is 0.130. The molecule has 128 valence electrons. The normalized spacial score (nSPS) is 14.7. The van der Waals surface area contributed by atoms with Crippen molar-refractivity contribution in [1.82, 2.24) is 19.2 Å². The van der Waals surface area contributed by atoms with E-state index < -0.39 is 5.82 Å². The van der Waals surface area contributed by atoms with Crippen molar-refractivity contribution in [2.75, 3.05) is 26.3 Å². The SMILES string of the molecule is O=C(c1cnn(-c2ccccc2F)c1-n1cccc1)N1CCOCC1. The van der Waals surface area contributed by atoms with Crippen molar-refractivity contribution in [2.24, 2.45) is 0 Å². The zero-order valence-corrected chi connectivity index (χ0v) is 13.5. The van der Waals surface area contributed by atoms with Crippen LogP contribution < -0.4 is 0 Å². The Morgan fingerprint density at radius 2 is 1.80 bits per heavy atom. The van der Waals surface area contributed by atoms with Crippen molar-refractivity contribution in [3.63, 3.8) is 0 Å². The van der Waals surface area contributed by atoms with Crippen LogP contribution in [0.25, 0.3) is 11.5 Å². The molecule has 1 saturated heterocycles. The summed E-state index contributed by atoms with van der Waals surface area (Å²) in [6.45, 7) is 2.11. The number of carbonyl (C=O) groups excluding carboxylic acids is 1. The van der Waals surface area contributed by atoms with E-state index in [2.05, 4.69) is 5.10 Å². The standard InChI is InChI=1S/C18H17FN4O2/c19-15-5-1-2-6-16(15)23-17(21-7-3-4-8-21)14(13-20-23)18(24)22-9-11-25-12-10-22/h1-8,13H,9-12H2. The van der Waals surface area contributed by atoms with E-state index in [1.165, 1.54) is 16.9 Å². The fourth-order valence-corrected chi connectivity index (χ4v) is 2.95. The number of carbonyl (C=O) groups is 1. The van der Waals surface area contributed by atoms with Crippen LogP contribution in [0.5, 0.6) is 0 Å². The fourth-order valence-electron chi connectivity index (χ4n) is 2.95. The van der Waals surface area contributed by atoms with E-state index >= 15 is 0 Å². The number of hydrogen-bond acceptors (Lipinski definition) is 3. The smallest absolute Gasteiger partial charge is 0.259 e. The predicted octanol–water partition coefficient (Wildman–Crippen LogP) is 2.27. The quantitative estimate of drug-likeness (QED) is 0.735. The molecule has 0 bridgehead atoms. The topological polar surface area (TPSA) is 52.3 Å². The van der Waals surface area contributed by atoms with Crippen LogP contribution in [0, 0.1) is 5.82 Å². The zero-order valence-electron chi connectivity index (χ0n) is 13.5. The molecule has 0 atom stereocenters. The maximum atomic E-state index is 14.3. The molecule has 0 aliphatic carbocycles. The summed E-state index contributed by atoms with van der Waals surface area (Å²) in [7, 11) is 0. The Balaban J connectivity index is 1.83. The van der Waals surface area contributed by atoms with Crippen LogP contribution in [-0.4, -0.2) is 51.5 Å². The van der Waals surface area contributed by atoms with Crippen molar-refractivity contribution in [1.29, 1.82) is 0 Å². The summed E-state index contributed by atoms with van der Waals surface area (Å²) in [6, 6.07) is 10.1. The van der Waals surface area contributed by atoms with Crippen LogP contribution in [0.3, 0.4) is 0 Å². The second kappa shape index (κ2) is 6.52. The van der Waals surface area contributed by atoms with Gasteiger partial charge in [-0.1, -0.05) is 12.1 Å². The first kappa shape index (κ1) is 15.6. The van der Waals surface area contributed by atoms with Crippen molar-refractivity contribution < 1.29 is 13.9 Å². The molecule has 6 nitrogen and oxygen atoms in total. The summed E-state index contributed by atoms with van der Waals surface area (Å²) in [5.41, 5.74) is 0.730. The second-order valence-corrected chi connectivity index (χ2v) is 5.74. The van der Waals surface area contributed by atoms with Gasteiger partial charge in [0.15, 0.2) is 5.82 Å². The minimum atomic E-state index is -0.399. The summed E-state index contributed by atoms with van der Waals surface area (Å²) in [6.07, 6.45) is 5.12. The van der Waals surface area contributed by atoms with E-state index in [-0.39, 0.29) is 5.91 Å². The van der Waals surface area contributed by atoms with Crippen molar-refractivity contribution in [2.45, 2.75) is 0 Å². The Kier molecular flexibility index (Phi) is 4.07. The predicted molar refractivity (Wildman–Crippen MR) is 89.6 cm³/mol. The van der Waals surface area contributed by atoms with E-state index in [1.54, 1.807) is 27.7 Å². The van der Waals surface area contributed by atoms with E-state index in [4.69, 9.17) is 4.74 Å². The average molecular weight is 340 g/mol. The first-order valence-corrected chi connectivity index (χ1v) is 8.09. The van der Waals surface area contributed by atoms with Crippen LogP contribution in [0.15, 0.2) is 55.0 Å². The molecule has 1 fully saturated rings. The minimum Gasteiger partial charge on any atom is -0.378 e. The summed E-state index contributed by atoms with van der Waals surface area (Å²) in [5.74, 6) is -0.00874. The number of ether oxygens (including phenoxy) is 1. The molecule has 7 heteroatoms. The van der Waals surface area contributed by atoms with Gasteiger partial charge in [0.05, 0.1) is 19.4 Å². The first-order valence-electron chi connectivity index (χ1n) is 8.09. The summed E-state index contributed by atoms with van der Waals surface area (Å²) in [4.78, 5) is 14.7. The van der Waals surface area contributed by atoms with Crippen molar-refractivity contribution in [3.8, 4) is 11.5 Å². The lowest BCUT2D eigenvalue weighted by molar-refractivity contribution is 0.0303. The van der Waals surface area contributed by atoms with E-state index in [1.807, 2.05) is 24.5 Å². The van der Waals surface area contributed by atoms with Crippen LogP contribution in [-0.2, 0) is 4.74 Å². The third-order valence-corrected chi connectivity index (χ3v) is 4.20. The third kappa shape index (κ3) is 2.83. The molecule has 0 saturated carbocycles. The number of nitrogens with zero attached hydrogens (tertiary/aromatic N) is 4. The summed E-state index contributed by atoms with van der Waals surface area (Å²) < 4.78 is 22.8. The molecule has 0 N–H and O–H groups in total. The maximum Gasteiger partial charge on any atom is 0.259 e. The highest BCUT2D eigenvalue weighted by Gasteiger charge is 2.26. The second-order valence-electron chi connectivity index (χ2n) is 5.74. The van der Waals surface area contributed by atoms with Gasteiger partial charge in [-0.15, -0.1) is 0 Å². The molecule has 1 aliphatic heterocycles. The third-order valence-electron chi connectivity index (χ3n) is 4.20. The highest BCUT2D eigenvalue weighted by molar-refractivity contribution is 5.97. The summed E-state index contributed by atoms with van der Waals surface area (Å²) in [5, 5.41) is 4.30. The Bertz CT molecular complexity index is 882. The highest BCUT2D eigenvalue weighted by atomic mass is 19.1. The molecule has 0 unspecified atom stereocenters. The molecule has 3 aromatic rings. The molecule has 1 aliphatic rings. The number of halogens is 1. The van der Waals surface area contributed by atoms with Crippen molar-refractivity contribution in [3.05, 3.63) is 66.4 Å². The molecular formula is C18H17FN4O2. The lowest BCUT2D eigenvalue weighted by Gasteiger charge is -2.26. The van der Waals surface area contributed by atoms with Crippen LogP contribution in [0.1, 0.15) is 10.4 Å². The number of rotatable bonds is 3. The van der Waals surface area contributed by atoms with Gasteiger partial charge in [-0.2, -0.15) is 5.10 Å². The van der Waals surface area contributed by atoms with E-state index in [0.717, 1.165) is 0 Å². The molecule has 4 rings (SSSR count). The first-order chi connectivity index (χ1) is 12.3. The Morgan fingerprint density at radius 3 is 2.52 bits per heavy atom. The number of amides is 1. The van der Waals surface area contributed by atoms with Crippen LogP contribution in [0.2, 0.25) is 0 Å². The Labute approximate surface area is 144 Å². The van der Waals surface area contributed by atoms with Gasteiger partial charge in [-0.3, -0.25) is 4.79 Å². The molecular weight excluding hydrogens is 323 g/mol. The van der Waals surface area contributed by atoms with Gasteiger partial charge in [-0.05, 0) is 24.3 Å². The maximum absolute atomic E-state index is 14.3. The number of hydrogen-bond donors (Lipinski definition) is 0. The van der Waals surface area contributed by atoms with E-state index in [9.17, 15) is 9.18 Å². The zero-order chi connectivity index (χ0) is 17.2. The Hall–Kier alpha value is -2.93. The number of morpholine rings is 1. The number of para-hydroxylation sites is 1. The number of benzene rings is 1. The molecule has 3 heterocycles. The van der Waals surface area contributed by atoms with Gasteiger partial charge in [0, 0.05) is 25.5 Å². The molecule has 0 radical (unpaired) electrons. The van der Waals surface area contributed by atoms with Gasteiger partial charge >= 0.3 is 0 Å². The molecule has 1 aromatic carbocycles. The fraction of sp³-hybridized carbons (Fsp3) is 0.222. The lowest BCUT2D eigenvalue weighted by atomic mass is 10.2. The Morgan fingerprint density at radius 1 is 1.08 bits per heavy atom. The van der Waals surface area contributed by atoms with Gasteiger partial charge in [0.2, 0.25) is 0 Å². The average Bonchev–Trinajstić information content (AvgIpc) is 3.31. The highest BCUT2D eigenvalue weighted by Crippen LogP contribution is 2.23. The largest absolute Gasteiger partial charge is 0.378 e. The van der Waals surface area contributed by atoms with Crippen molar-refractivity contribution >= 4 is 5.91 Å². The van der Waals surface area contributed by atoms with Crippen LogP contribution in [0.4, 0.5) is 4.39 Å². The van der Waals surface area contributed by atoms with Gasteiger partial charge in [0.1, 0.15) is 17.1 Å². The monoisotopic (exact) mass is 340 g/mol. The molecule has 1 amide bonds. The van der Waals surface area contributed by atoms with Gasteiger partial charge in [-0.25, -0.2) is 9.07 Å². The lowest BCUT2D eigenvalue weighted by Crippen LogP contribution is -2.40. The molecule has 2 aromatic heterocycles. The summed E-state index contributed by atoms with van der Waals surface area (Å²) >= 11 is 0. The van der Waals surface area contributed by atoms with Gasteiger partial charge < -0.3 is 14.2 Å². The molecule has 25 heavy (non-hydrogen) atoms. The number of aromatic nitrogens is 3. The van der Waals surface area contributed by atoms with Crippen LogP contribution >= 0.6 is 0 Å².